The van der Waals surface area contributed by atoms with Crippen molar-refractivity contribution >= 4 is 35.0 Å². The summed E-state index contributed by atoms with van der Waals surface area (Å²) in [7, 11) is 0. The molecule has 1 atom stereocenters. The van der Waals surface area contributed by atoms with Gasteiger partial charge in [0, 0.05) is 11.4 Å². The summed E-state index contributed by atoms with van der Waals surface area (Å²) in [6, 6.07) is 15.4. The second-order valence-corrected chi connectivity index (χ2v) is 7.24. The van der Waals surface area contributed by atoms with Crippen LogP contribution in [0.4, 0.5) is 11.4 Å². The number of hydrogen-bond donors (Lipinski definition) is 2. The molecule has 0 bridgehead atoms. The summed E-state index contributed by atoms with van der Waals surface area (Å²) in [4.78, 5) is 24.3. The zero-order valence-corrected chi connectivity index (χ0v) is 15.7. The zero-order chi connectivity index (χ0) is 18.2. The standard InChI is InChI=1S/C20H24N2O2S/c1-4-16-6-5-7-18(12-16)22-20(24)15(3)25-13-19(23)21-17-10-8-14(2)9-11-17/h5-12,15H,4,13H2,1-3H3,(H,21,23)(H,22,24)/t15-/m0/s1. The van der Waals surface area contributed by atoms with Gasteiger partial charge < -0.3 is 10.6 Å². The number of thioether (sulfide) groups is 1. The Bertz CT molecular complexity index is 729. The Balaban J connectivity index is 1.80. The first-order valence-corrected chi connectivity index (χ1v) is 9.40. The van der Waals surface area contributed by atoms with Crippen molar-refractivity contribution < 1.29 is 9.59 Å². The molecule has 0 aromatic heterocycles. The Morgan fingerprint density at radius 2 is 1.76 bits per heavy atom. The number of aryl methyl sites for hydroxylation is 2. The molecular formula is C20H24N2O2S. The van der Waals surface area contributed by atoms with Crippen LogP contribution in [0.5, 0.6) is 0 Å². The smallest absolute Gasteiger partial charge is 0.237 e. The fraction of sp³-hybridized carbons (Fsp3) is 0.300. The molecule has 0 aliphatic carbocycles. The number of anilines is 2. The van der Waals surface area contributed by atoms with Gasteiger partial charge in [0.25, 0.3) is 0 Å². The van der Waals surface area contributed by atoms with Crippen LogP contribution in [0.2, 0.25) is 0 Å². The molecule has 0 unspecified atom stereocenters. The summed E-state index contributed by atoms with van der Waals surface area (Å²) in [5, 5.41) is 5.43. The van der Waals surface area contributed by atoms with Gasteiger partial charge in [-0.3, -0.25) is 9.59 Å². The van der Waals surface area contributed by atoms with E-state index in [0.717, 1.165) is 23.4 Å². The molecular weight excluding hydrogens is 332 g/mol. The fourth-order valence-electron chi connectivity index (χ4n) is 2.22. The van der Waals surface area contributed by atoms with Crippen molar-refractivity contribution in [2.75, 3.05) is 16.4 Å². The van der Waals surface area contributed by atoms with E-state index in [9.17, 15) is 9.59 Å². The first kappa shape index (κ1) is 19.1. The van der Waals surface area contributed by atoms with Gasteiger partial charge in [-0.2, -0.15) is 0 Å². The first-order chi connectivity index (χ1) is 12.0. The lowest BCUT2D eigenvalue weighted by Gasteiger charge is -2.13. The maximum absolute atomic E-state index is 12.3. The highest BCUT2D eigenvalue weighted by molar-refractivity contribution is 8.01. The molecule has 2 aromatic carbocycles. The van der Waals surface area contributed by atoms with E-state index < -0.39 is 0 Å². The van der Waals surface area contributed by atoms with Gasteiger partial charge in [0.1, 0.15) is 0 Å². The molecule has 0 spiro atoms. The number of carbonyl (C=O) groups is 2. The third kappa shape index (κ3) is 6.27. The Hall–Kier alpha value is -2.27. The molecule has 25 heavy (non-hydrogen) atoms. The van der Waals surface area contributed by atoms with Crippen LogP contribution in [0.15, 0.2) is 48.5 Å². The van der Waals surface area contributed by atoms with Crippen molar-refractivity contribution in [3.8, 4) is 0 Å². The molecule has 0 aliphatic heterocycles. The molecule has 0 saturated carbocycles. The molecule has 0 saturated heterocycles. The van der Waals surface area contributed by atoms with Crippen molar-refractivity contribution in [3.63, 3.8) is 0 Å². The van der Waals surface area contributed by atoms with Crippen LogP contribution in [-0.4, -0.2) is 22.8 Å². The number of rotatable bonds is 7. The summed E-state index contributed by atoms with van der Waals surface area (Å²) in [5.41, 5.74) is 3.88. The van der Waals surface area contributed by atoms with Gasteiger partial charge in [0.05, 0.1) is 11.0 Å². The molecule has 2 aromatic rings. The van der Waals surface area contributed by atoms with E-state index in [1.54, 1.807) is 0 Å². The molecule has 4 nitrogen and oxygen atoms in total. The van der Waals surface area contributed by atoms with Gasteiger partial charge in [0.2, 0.25) is 11.8 Å². The van der Waals surface area contributed by atoms with E-state index in [0.29, 0.717) is 0 Å². The van der Waals surface area contributed by atoms with Gasteiger partial charge in [-0.05, 0) is 50.1 Å². The lowest BCUT2D eigenvalue weighted by molar-refractivity contribution is -0.115. The summed E-state index contributed by atoms with van der Waals surface area (Å²) >= 11 is 1.32. The van der Waals surface area contributed by atoms with Crippen LogP contribution >= 0.6 is 11.8 Å². The molecule has 0 fully saturated rings. The van der Waals surface area contributed by atoms with Gasteiger partial charge in [-0.25, -0.2) is 0 Å². The Morgan fingerprint density at radius 3 is 2.44 bits per heavy atom. The number of nitrogens with one attached hydrogen (secondary N) is 2. The Kier molecular flexibility index (Phi) is 7.07. The van der Waals surface area contributed by atoms with Gasteiger partial charge in [-0.15, -0.1) is 11.8 Å². The summed E-state index contributed by atoms with van der Waals surface area (Å²) in [5.74, 6) is 0.0279. The monoisotopic (exact) mass is 356 g/mol. The van der Waals surface area contributed by atoms with Crippen LogP contribution < -0.4 is 10.6 Å². The van der Waals surface area contributed by atoms with Crippen LogP contribution in [0.1, 0.15) is 25.0 Å². The Morgan fingerprint density at radius 1 is 1.04 bits per heavy atom. The van der Waals surface area contributed by atoms with E-state index in [2.05, 4.69) is 17.6 Å². The number of hydrogen-bond acceptors (Lipinski definition) is 3. The summed E-state index contributed by atoms with van der Waals surface area (Å²) in [6.07, 6.45) is 0.924. The third-order valence-corrected chi connectivity index (χ3v) is 4.91. The highest BCUT2D eigenvalue weighted by Crippen LogP contribution is 2.16. The normalized spacial score (nSPS) is 11.6. The second kappa shape index (κ2) is 9.28. The third-order valence-electron chi connectivity index (χ3n) is 3.77. The lowest BCUT2D eigenvalue weighted by atomic mass is 10.1. The molecule has 132 valence electrons. The predicted molar refractivity (Wildman–Crippen MR) is 106 cm³/mol. The van der Waals surface area contributed by atoms with E-state index >= 15 is 0 Å². The molecule has 2 N–H and O–H groups in total. The van der Waals surface area contributed by atoms with E-state index in [1.165, 1.54) is 17.3 Å². The summed E-state index contributed by atoms with van der Waals surface area (Å²) < 4.78 is 0. The average Bonchev–Trinajstić information content (AvgIpc) is 2.61. The molecule has 2 rings (SSSR count). The average molecular weight is 356 g/mol. The maximum Gasteiger partial charge on any atom is 0.237 e. The Labute approximate surface area is 153 Å². The molecule has 0 heterocycles. The highest BCUT2D eigenvalue weighted by Gasteiger charge is 2.15. The van der Waals surface area contributed by atoms with Crippen LogP contribution in [0.3, 0.4) is 0 Å². The first-order valence-electron chi connectivity index (χ1n) is 8.36. The number of amides is 2. The minimum Gasteiger partial charge on any atom is -0.325 e. The molecule has 0 radical (unpaired) electrons. The number of benzene rings is 2. The largest absolute Gasteiger partial charge is 0.325 e. The predicted octanol–water partition coefficient (Wildman–Crippen LogP) is 4.26. The fourth-order valence-corrected chi connectivity index (χ4v) is 2.91. The van der Waals surface area contributed by atoms with Crippen molar-refractivity contribution in [2.24, 2.45) is 0 Å². The minimum absolute atomic E-state index is 0.0959. The zero-order valence-electron chi connectivity index (χ0n) is 14.8. The molecule has 5 heteroatoms. The topological polar surface area (TPSA) is 58.2 Å². The van der Waals surface area contributed by atoms with Gasteiger partial charge in [0.15, 0.2) is 0 Å². The SMILES string of the molecule is CCc1cccc(NC(=O)[C@H](C)SCC(=O)Nc2ccc(C)cc2)c1. The lowest BCUT2D eigenvalue weighted by Crippen LogP contribution is -2.25. The van der Waals surface area contributed by atoms with E-state index in [-0.39, 0.29) is 22.8 Å². The van der Waals surface area contributed by atoms with Crippen molar-refractivity contribution in [1.29, 1.82) is 0 Å². The van der Waals surface area contributed by atoms with Crippen LogP contribution in [-0.2, 0) is 16.0 Å². The van der Waals surface area contributed by atoms with Crippen LogP contribution in [0.25, 0.3) is 0 Å². The second-order valence-electron chi connectivity index (χ2n) is 5.91. The van der Waals surface area contributed by atoms with Crippen LogP contribution in [0, 0.1) is 6.92 Å². The minimum atomic E-state index is -0.311. The molecule has 2 amide bonds. The van der Waals surface area contributed by atoms with E-state index in [1.807, 2.05) is 62.4 Å². The maximum atomic E-state index is 12.3. The number of carbonyl (C=O) groups excluding carboxylic acids is 2. The van der Waals surface area contributed by atoms with Gasteiger partial charge in [-0.1, -0.05) is 36.8 Å². The van der Waals surface area contributed by atoms with Crippen molar-refractivity contribution in [1.82, 2.24) is 0 Å². The highest BCUT2D eigenvalue weighted by atomic mass is 32.2. The van der Waals surface area contributed by atoms with Crippen molar-refractivity contribution in [3.05, 3.63) is 59.7 Å². The quantitative estimate of drug-likeness (QED) is 0.779. The van der Waals surface area contributed by atoms with E-state index in [4.69, 9.17) is 0 Å². The molecule has 0 aliphatic rings. The van der Waals surface area contributed by atoms with Gasteiger partial charge >= 0.3 is 0 Å². The van der Waals surface area contributed by atoms with Crippen molar-refractivity contribution in [2.45, 2.75) is 32.4 Å². The summed E-state index contributed by atoms with van der Waals surface area (Å²) in [6.45, 7) is 5.88.